The Balaban J connectivity index is 2.28. The molecule has 0 unspecified atom stereocenters. The number of carbonyl (C=O) groups excluding carboxylic acids is 2. The van der Waals surface area contributed by atoms with Crippen LogP contribution in [0.3, 0.4) is 0 Å². The maximum atomic E-state index is 12.6. The molecule has 0 fully saturated rings. The molecule has 0 atom stereocenters. The lowest BCUT2D eigenvalue weighted by Gasteiger charge is -2.20. The normalized spacial score (nSPS) is 12.9. The number of nitrogens with zero attached hydrogens (tertiary/aromatic N) is 1. The summed E-state index contributed by atoms with van der Waals surface area (Å²) >= 11 is 0. The fourth-order valence-electron chi connectivity index (χ4n) is 2.56. The quantitative estimate of drug-likeness (QED) is 0.780. The molecule has 5 nitrogen and oxygen atoms in total. The standard InChI is InChI=1S/C16H13NO4/c1-3-21-11-7-17-14-12(8(11)2)15(19)9-5-4-6-10(18)13(9)16(14)20/h4-7,18H,3H2,1-2H3. The highest BCUT2D eigenvalue weighted by atomic mass is 16.5. The number of aromatic hydroxyl groups is 1. The van der Waals surface area contributed by atoms with Crippen molar-refractivity contribution in [2.24, 2.45) is 0 Å². The smallest absolute Gasteiger partial charge is 0.216 e. The van der Waals surface area contributed by atoms with Crippen molar-refractivity contribution < 1.29 is 19.4 Å². The number of ether oxygens (including phenoxy) is 1. The van der Waals surface area contributed by atoms with Gasteiger partial charge in [0.1, 0.15) is 17.2 Å². The summed E-state index contributed by atoms with van der Waals surface area (Å²) in [6.07, 6.45) is 1.44. The zero-order valence-corrected chi connectivity index (χ0v) is 11.6. The Morgan fingerprint density at radius 2 is 1.95 bits per heavy atom. The lowest BCUT2D eigenvalue weighted by molar-refractivity contribution is 0.0971. The van der Waals surface area contributed by atoms with E-state index in [1.54, 1.807) is 13.0 Å². The summed E-state index contributed by atoms with van der Waals surface area (Å²) < 4.78 is 5.42. The topological polar surface area (TPSA) is 76.5 Å². The first-order valence-electron chi connectivity index (χ1n) is 6.60. The van der Waals surface area contributed by atoms with Crippen molar-refractivity contribution in [1.29, 1.82) is 0 Å². The zero-order chi connectivity index (χ0) is 15.1. The van der Waals surface area contributed by atoms with Crippen LogP contribution in [-0.4, -0.2) is 28.3 Å². The van der Waals surface area contributed by atoms with Crippen LogP contribution in [0.1, 0.15) is 44.5 Å². The van der Waals surface area contributed by atoms with Crippen LogP contribution in [0.5, 0.6) is 11.5 Å². The van der Waals surface area contributed by atoms with Gasteiger partial charge < -0.3 is 9.84 Å². The third-order valence-electron chi connectivity index (χ3n) is 3.55. The molecule has 1 N–H and O–H groups in total. The van der Waals surface area contributed by atoms with E-state index in [0.29, 0.717) is 17.9 Å². The van der Waals surface area contributed by atoms with Gasteiger partial charge in [0, 0.05) is 11.1 Å². The molecule has 5 heteroatoms. The van der Waals surface area contributed by atoms with Crippen LogP contribution in [0.15, 0.2) is 24.4 Å². The van der Waals surface area contributed by atoms with Gasteiger partial charge >= 0.3 is 0 Å². The molecule has 106 valence electrons. The number of ketones is 2. The van der Waals surface area contributed by atoms with Crippen molar-refractivity contribution in [1.82, 2.24) is 4.98 Å². The first kappa shape index (κ1) is 13.3. The van der Waals surface area contributed by atoms with Gasteiger partial charge in [-0.1, -0.05) is 12.1 Å². The molecule has 1 heterocycles. The van der Waals surface area contributed by atoms with Crippen molar-refractivity contribution in [2.45, 2.75) is 13.8 Å². The fraction of sp³-hybridized carbons (Fsp3) is 0.188. The number of benzene rings is 1. The number of pyridine rings is 1. The van der Waals surface area contributed by atoms with E-state index in [9.17, 15) is 14.7 Å². The van der Waals surface area contributed by atoms with Gasteiger partial charge in [-0.25, -0.2) is 4.98 Å². The van der Waals surface area contributed by atoms with E-state index in [1.165, 1.54) is 18.3 Å². The minimum Gasteiger partial charge on any atom is -0.507 e. The summed E-state index contributed by atoms with van der Waals surface area (Å²) in [6, 6.07) is 4.46. The largest absolute Gasteiger partial charge is 0.507 e. The number of carbonyl (C=O) groups is 2. The number of phenols is 1. The molecule has 1 aliphatic carbocycles. The van der Waals surface area contributed by atoms with Crippen LogP contribution in [0.4, 0.5) is 0 Å². The van der Waals surface area contributed by atoms with E-state index in [-0.39, 0.29) is 33.9 Å². The molecule has 0 amide bonds. The van der Waals surface area contributed by atoms with E-state index in [4.69, 9.17) is 4.74 Å². The first-order valence-corrected chi connectivity index (χ1v) is 6.60. The van der Waals surface area contributed by atoms with Crippen LogP contribution < -0.4 is 4.74 Å². The second-order valence-corrected chi connectivity index (χ2v) is 4.76. The van der Waals surface area contributed by atoms with Gasteiger partial charge in [-0.15, -0.1) is 0 Å². The SMILES string of the molecule is CCOc1cnc2c(c1C)C(=O)c1cccc(O)c1C2=O. The number of aromatic nitrogens is 1. The highest BCUT2D eigenvalue weighted by molar-refractivity contribution is 6.29. The number of rotatable bonds is 2. The lowest BCUT2D eigenvalue weighted by Crippen LogP contribution is -2.24. The molecular formula is C16H13NO4. The maximum Gasteiger partial charge on any atom is 0.216 e. The average molecular weight is 283 g/mol. The van der Waals surface area contributed by atoms with Crippen LogP contribution in [0.25, 0.3) is 0 Å². The Hall–Kier alpha value is -2.69. The van der Waals surface area contributed by atoms with Gasteiger partial charge in [0.25, 0.3) is 0 Å². The van der Waals surface area contributed by atoms with Gasteiger partial charge in [-0.3, -0.25) is 9.59 Å². The van der Waals surface area contributed by atoms with Crippen molar-refractivity contribution in [2.75, 3.05) is 6.61 Å². The number of phenolic OH excluding ortho intramolecular Hbond substituents is 1. The molecule has 0 radical (unpaired) electrons. The molecule has 1 aromatic heterocycles. The minimum absolute atomic E-state index is 0.0195. The summed E-state index contributed by atoms with van der Waals surface area (Å²) in [5.74, 6) is -0.475. The van der Waals surface area contributed by atoms with E-state index in [0.717, 1.165) is 0 Å². The Morgan fingerprint density at radius 1 is 1.19 bits per heavy atom. The summed E-state index contributed by atoms with van der Waals surface area (Å²) in [4.78, 5) is 29.2. The average Bonchev–Trinajstić information content (AvgIpc) is 2.47. The molecule has 0 saturated carbocycles. The Kier molecular flexibility index (Phi) is 2.97. The van der Waals surface area contributed by atoms with Crippen molar-refractivity contribution in [3.05, 3.63) is 52.3 Å². The van der Waals surface area contributed by atoms with Gasteiger partial charge in [-0.2, -0.15) is 0 Å². The Labute approximate surface area is 121 Å². The predicted molar refractivity (Wildman–Crippen MR) is 75.1 cm³/mol. The Bertz CT molecular complexity index is 780. The number of fused-ring (bicyclic) bond motifs is 2. The fourth-order valence-corrected chi connectivity index (χ4v) is 2.56. The van der Waals surface area contributed by atoms with Crippen LogP contribution in [0, 0.1) is 6.92 Å². The van der Waals surface area contributed by atoms with Gasteiger partial charge in [0.05, 0.1) is 23.9 Å². The second kappa shape index (κ2) is 4.70. The molecule has 0 bridgehead atoms. The summed E-state index contributed by atoms with van der Waals surface area (Å²) in [5.41, 5.74) is 1.13. The first-order chi connectivity index (χ1) is 10.1. The van der Waals surface area contributed by atoms with Crippen LogP contribution in [0.2, 0.25) is 0 Å². The number of hydrogen-bond acceptors (Lipinski definition) is 5. The van der Waals surface area contributed by atoms with Crippen molar-refractivity contribution >= 4 is 11.6 Å². The third-order valence-corrected chi connectivity index (χ3v) is 3.55. The molecule has 0 saturated heterocycles. The van der Waals surface area contributed by atoms with E-state index < -0.39 is 5.78 Å². The van der Waals surface area contributed by atoms with Gasteiger partial charge in [0.2, 0.25) is 5.78 Å². The highest BCUT2D eigenvalue weighted by Gasteiger charge is 2.35. The molecule has 0 spiro atoms. The van der Waals surface area contributed by atoms with Gasteiger partial charge in [0.15, 0.2) is 5.78 Å². The van der Waals surface area contributed by atoms with Gasteiger partial charge in [-0.05, 0) is 19.9 Å². The number of hydrogen-bond donors (Lipinski definition) is 1. The van der Waals surface area contributed by atoms with E-state index in [2.05, 4.69) is 4.98 Å². The second-order valence-electron chi connectivity index (χ2n) is 4.76. The molecule has 0 aliphatic heterocycles. The summed E-state index contributed by atoms with van der Waals surface area (Å²) in [5, 5.41) is 9.85. The van der Waals surface area contributed by atoms with E-state index in [1.807, 2.05) is 6.92 Å². The highest BCUT2D eigenvalue weighted by Crippen LogP contribution is 2.35. The minimum atomic E-state index is -0.441. The molecule has 1 aromatic carbocycles. The zero-order valence-electron chi connectivity index (χ0n) is 11.6. The Morgan fingerprint density at radius 3 is 2.67 bits per heavy atom. The molecule has 21 heavy (non-hydrogen) atoms. The third kappa shape index (κ3) is 1.81. The van der Waals surface area contributed by atoms with Crippen molar-refractivity contribution in [3.8, 4) is 11.5 Å². The monoisotopic (exact) mass is 283 g/mol. The molecule has 3 rings (SSSR count). The molecule has 1 aliphatic rings. The van der Waals surface area contributed by atoms with Crippen LogP contribution in [-0.2, 0) is 0 Å². The van der Waals surface area contributed by atoms with E-state index >= 15 is 0 Å². The maximum absolute atomic E-state index is 12.6. The summed E-state index contributed by atoms with van der Waals surface area (Å²) in [6.45, 7) is 4.00. The summed E-state index contributed by atoms with van der Waals surface area (Å²) in [7, 11) is 0. The molecule has 2 aromatic rings. The van der Waals surface area contributed by atoms with Crippen LogP contribution >= 0.6 is 0 Å². The lowest BCUT2D eigenvalue weighted by atomic mass is 9.84. The molecular weight excluding hydrogens is 270 g/mol. The predicted octanol–water partition coefficient (Wildman–Crippen LogP) is 2.27. The van der Waals surface area contributed by atoms with Crippen molar-refractivity contribution in [3.63, 3.8) is 0 Å².